The predicted molar refractivity (Wildman–Crippen MR) is 92.9 cm³/mol. The molecule has 0 aliphatic carbocycles. The summed E-state index contributed by atoms with van der Waals surface area (Å²) in [4.78, 5) is 4.29. The summed E-state index contributed by atoms with van der Waals surface area (Å²) >= 11 is 9.63. The van der Waals surface area contributed by atoms with Gasteiger partial charge in [0.15, 0.2) is 0 Å². The van der Waals surface area contributed by atoms with E-state index in [-0.39, 0.29) is 5.75 Å². The molecule has 1 aliphatic rings. The molecule has 0 spiro atoms. The van der Waals surface area contributed by atoms with Crippen molar-refractivity contribution < 1.29 is 8.42 Å². The van der Waals surface area contributed by atoms with Gasteiger partial charge in [-0.3, -0.25) is 4.98 Å². The number of anilines is 1. The number of halogens is 2. The number of rotatable bonds is 4. The van der Waals surface area contributed by atoms with E-state index in [1.54, 1.807) is 12.3 Å². The average Bonchev–Trinajstić information content (AvgIpc) is 2.78. The predicted octanol–water partition coefficient (Wildman–Crippen LogP) is 3.10. The lowest BCUT2D eigenvalue weighted by molar-refractivity contribution is 0.456. The van der Waals surface area contributed by atoms with E-state index >= 15 is 0 Å². The van der Waals surface area contributed by atoms with E-state index in [0.717, 1.165) is 21.1 Å². The summed E-state index contributed by atoms with van der Waals surface area (Å²) in [6, 6.07) is 5.62. The molecule has 1 fully saturated rings. The van der Waals surface area contributed by atoms with Gasteiger partial charge in [-0.25, -0.2) is 12.7 Å². The van der Waals surface area contributed by atoms with E-state index in [1.165, 1.54) is 4.31 Å². The number of sulfonamides is 1. The molecule has 1 aliphatic heterocycles. The van der Waals surface area contributed by atoms with Gasteiger partial charge in [0.05, 0.1) is 16.3 Å². The molecule has 0 unspecified atom stereocenters. The zero-order chi connectivity index (χ0) is 15.7. The van der Waals surface area contributed by atoms with Crippen molar-refractivity contribution in [3.8, 4) is 0 Å². The van der Waals surface area contributed by atoms with Crippen molar-refractivity contribution >= 4 is 54.1 Å². The highest BCUT2D eigenvalue weighted by Crippen LogP contribution is 2.31. The van der Waals surface area contributed by atoms with Gasteiger partial charge >= 0.3 is 0 Å². The van der Waals surface area contributed by atoms with Crippen LogP contribution in [-0.2, 0) is 10.0 Å². The van der Waals surface area contributed by atoms with E-state index < -0.39 is 10.0 Å². The first-order chi connectivity index (χ1) is 10.5. The summed E-state index contributed by atoms with van der Waals surface area (Å²) in [5.74, 6) is 0.258. The summed E-state index contributed by atoms with van der Waals surface area (Å²) in [6.45, 7) is 1.62. The standard InChI is InChI=1S/C14H15BrClN3O2S/c15-10-8-11-13(2-3-18-14(11)12(16)9-10)17-4-6-19-5-1-7-22(19,20)21/h2-3,8-9H,1,4-7H2,(H,17,18). The van der Waals surface area contributed by atoms with Crippen LogP contribution in [0.5, 0.6) is 0 Å². The monoisotopic (exact) mass is 403 g/mol. The van der Waals surface area contributed by atoms with Crippen LogP contribution < -0.4 is 5.32 Å². The van der Waals surface area contributed by atoms with Crippen LogP contribution in [0.1, 0.15) is 6.42 Å². The fourth-order valence-electron chi connectivity index (χ4n) is 2.59. The van der Waals surface area contributed by atoms with Crippen molar-refractivity contribution in [2.24, 2.45) is 0 Å². The highest BCUT2D eigenvalue weighted by atomic mass is 79.9. The molecule has 0 amide bonds. The van der Waals surface area contributed by atoms with Crippen LogP contribution in [0.4, 0.5) is 5.69 Å². The van der Waals surface area contributed by atoms with Crippen LogP contribution in [-0.4, -0.2) is 43.1 Å². The fourth-order valence-corrected chi connectivity index (χ4v) is 4.98. The van der Waals surface area contributed by atoms with Gasteiger partial charge in [-0.15, -0.1) is 0 Å². The minimum Gasteiger partial charge on any atom is -0.383 e. The van der Waals surface area contributed by atoms with Gasteiger partial charge in [0.2, 0.25) is 10.0 Å². The Labute approximate surface area is 142 Å². The Bertz CT molecular complexity index is 813. The summed E-state index contributed by atoms with van der Waals surface area (Å²) in [5.41, 5.74) is 1.62. The summed E-state index contributed by atoms with van der Waals surface area (Å²) < 4.78 is 26.0. The lowest BCUT2D eigenvalue weighted by Gasteiger charge is -2.16. The summed E-state index contributed by atoms with van der Waals surface area (Å²) in [5, 5.41) is 4.77. The van der Waals surface area contributed by atoms with Crippen molar-refractivity contribution in [2.45, 2.75) is 6.42 Å². The van der Waals surface area contributed by atoms with Crippen LogP contribution in [0, 0.1) is 0 Å². The Hall–Kier alpha value is -0.890. The topological polar surface area (TPSA) is 62.3 Å². The Morgan fingerprint density at radius 2 is 2.23 bits per heavy atom. The Balaban J connectivity index is 1.77. The van der Waals surface area contributed by atoms with Crippen molar-refractivity contribution in [2.75, 3.05) is 30.7 Å². The van der Waals surface area contributed by atoms with Gasteiger partial charge in [0, 0.05) is 41.4 Å². The zero-order valence-electron chi connectivity index (χ0n) is 11.7. The third kappa shape index (κ3) is 3.22. The highest BCUT2D eigenvalue weighted by molar-refractivity contribution is 9.10. The number of nitrogens with zero attached hydrogens (tertiary/aromatic N) is 2. The van der Waals surface area contributed by atoms with E-state index in [4.69, 9.17) is 11.6 Å². The van der Waals surface area contributed by atoms with E-state index in [1.807, 2.05) is 12.1 Å². The van der Waals surface area contributed by atoms with Gasteiger partial charge in [-0.1, -0.05) is 27.5 Å². The number of fused-ring (bicyclic) bond motifs is 1. The molecule has 118 valence electrons. The van der Waals surface area contributed by atoms with E-state index in [2.05, 4.69) is 26.2 Å². The highest BCUT2D eigenvalue weighted by Gasteiger charge is 2.27. The van der Waals surface area contributed by atoms with Gasteiger partial charge in [0.1, 0.15) is 0 Å². The number of nitrogens with one attached hydrogen (secondary N) is 1. The van der Waals surface area contributed by atoms with Crippen molar-refractivity contribution in [1.29, 1.82) is 0 Å². The van der Waals surface area contributed by atoms with Crippen LogP contribution in [0.3, 0.4) is 0 Å². The zero-order valence-corrected chi connectivity index (χ0v) is 14.9. The molecule has 0 radical (unpaired) electrons. The number of hydrogen-bond donors (Lipinski definition) is 1. The molecule has 22 heavy (non-hydrogen) atoms. The normalized spacial score (nSPS) is 17.9. The first kappa shape index (κ1) is 16.0. The Morgan fingerprint density at radius 1 is 1.41 bits per heavy atom. The Morgan fingerprint density at radius 3 is 2.95 bits per heavy atom. The van der Waals surface area contributed by atoms with Gasteiger partial charge in [0.25, 0.3) is 0 Å². The number of aromatic nitrogens is 1. The summed E-state index contributed by atoms with van der Waals surface area (Å²) in [7, 11) is -3.05. The second-order valence-electron chi connectivity index (χ2n) is 5.14. The third-order valence-electron chi connectivity index (χ3n) is 3.64. The summed E-state index contributed by atoms with van der Waals surface area (Å²) in [6.07, 6.45) is 2.40. The molecule has 8 heteroatoms. The van der Waals surface area contributed by atoms with Crippen molar-refractivity contribution in [1.82, 2.24) is 9.29 Å². The molecule has 1 aromatic carbocycles. The number of pyridine rings is 1. The lowest BCUT2D eigenvalue weighted by atomic mass is 10.2. The van der Waals surface area contributed by atoms with Gasteiger partial charge < -0.3 is 5.32 Å². The third-order valence-corrected chi connectivity index (χ3v) is 6.35. The maximum atomic E-state index is 11.8. The maximum Gasteiger partial charge on any atom is 0.214 e. The average molecular weight is 405 g/mol. The smallest absolute Gasteiger partial charge is 0.214 e. The quantitative estimate of drug-likeness (QED) is 0.850. The molecule has 1 saturated heterocycles. The molecule has 3 rings (SSSR count). The molecule has 2 heterocycles. The Kier molecular flexibility index (Phi) is 4.59. The number of hydrogen-bond acceptors (Lipinski definition) is 4. The molecule has 0 saturated carbocycles. The molecule has 1 aromatic heterocycles. The minimum atomic E-state index is -3.05. The molecule has 0 atom stereocenters. The molecule has 0 bridgehead atoms. The van der Waals surface area contributed by atoms with Crippen LogP contribution in [0.25, 0.3) is 10.9 Å². The first-order valence-corrected chi connectivity index (χ1v) is 9.71. The van der Waals surface area contributed by atoms with Crippen LogP contribution in [0.2, 0.25) is 5.02 Å². The van der Waals surface area contributed by atoms with E-state index in [0.29, 0.717) is 31.1 Å². The molecular weight excluding hydrogens is 390 g/mol. The molecule has 1 N–H and O–H groups in total. The second kappa shape index (κ2) is 6.31. The molecular formula is C14H15BrClN3O2S. The maximum absolute atomic E-state index is 11.8. The van der Waals surface area contributed by atoms with Gasteiger partial charge in [-0.05, 0) is 24.6 Å². The van der Waals surface area contributed by atoms with Crippen molar-refractivity contribution in [3.05, 3.63) is 33.9 Å². The lowest BCUT2D eigenvalue weighted by Crippen LogP contribution is -2.30. The van der Waals surface area contributed by atoms with E-state index in [9.17, 15) is 8.42 Å². The SMILES string of the molecule is O=S1(=O)CCCN1CCNc1ccnc2c(Cl)cc(Br)cc12. The van der Waals surface area contributed by atoms with Crippen LogP contribution >= 0.6 is 27.5 Å². The van der Waals surface area contributed by atoms with Crippen molar-refractivity contribution in [3.63, 3.8) is 0 Å². The number of benzene rings is 1. The second-order valence-corrected chi connectivity index (χ2v) is 8.55. The minimum absolute atomic E-state index is 0.258. The van der Waals surface area contributed by atoms with Crippen LogP contribution in [0.15, 0.2) is 28.9 Å². The molecule has 2 aromatic rings. The first-order valence-electron chi connectivity index (χ1n) is 6.93. The van der Waals surface area contributed by atoms with Gasteiger partial charge in [-0.2, -0.15) is 0 Å². The largest absolute Gasteiger partial charge is 0.383 e. The fraction of sp³-hybridized carbons (Fsp3) is 0.357. The molecule has 5 nitrogen and oxygen atoms in total.